The first-order chi connectivity index (χ1) is 18.1. The van der Waals surface area contributed by atoms with Crippen LogP contribution in [0, 0.1) is 5.82 Å². The zero-order valence-electron chi connectivity index (χ0n) is 20.5. The van der Waals surface area contributed by atoms with Gasteiger partial charge in [-0.1, -0.05) is 0 Å². The van der Waals surface area contributed by atoms with E-state index in [9.17, 15) is 22.4 Å². The first-order valence-corrected chi connectivity index (χ1v) is 12.4. The van der Waals surface area contributed by atoms with Crippen molar-refractivity contribution in [1.29, 1.82) is 0 Å². The molecule has 9 nitrogen and oxygen atoms in total. The minimum absolute atomic E-state index is 0.0434. The third-order valence-corrected chi connectivity index (χ3v) is 7.22. The van der Waals surface area contributed by atoms with E-state index in [1.165, 1.54) is 12.4 Å². The zero-order valence-corrected chi connectivity index (χ0v) is 20.5. The average Bonchev–Trinajstić information content (AvgIpc) is 3.55. The molecule has 1 aromatic carbocycles. The summed E-state index contributed by atoms with van der Waals surface area (Å²) in [6.07, 6.45) is 0.540. The number of aromatic nitrogens is 4. The van der Waals surface area contributed by atoms with Gasteiger partial charge in [-0.25, -0.2) is 19.3 Å². The first kappa shape index (κ1) is 25.9. The van der Waals surface area contributed by atoms with E-state index < -0.39 is 23.5 Å². The molecule has 2 aromatic heterocycles. The number of benzene rings is 1. The highest BCUT2D eigenvalue weighted by atomic mass is 19.4. The Balaban J connectivity index is 1.43. The van der Waals surface area contributed by atoms with E-state index >= 15 is 0 Å². The fourth-order valence-corrected chi connectivity index (χ4v) is 5.30. The second-order valence-electron chi connectivity index (χ2n) is 9.70. The SMILES string of the molecule is NC(=O)Cc1c(N)ncnc1N1CCC(c2nc(-c3ccc(F)c(C(F)(F)F)c3)cn2C2CCNC2)CC1. The quantitative estimate of drug-likeness (QED) is 0.417. The number of piperidine rings is 1. The Hall–Kier alpha value is -3.74. The van der Waals surface area contributed by atoms with E-state index in [1.807, 2.05) is 4.90 Å². The van der Waals surface area contributed by atoms with Gasteiger partial charge in [0.05, 0.1) is 17.7 Å². The van der Waals surface area contributed by atoms with Crippen LogP contribution < -0.4 is 21.7 Å². The average molecular weight is 533 g/mol. The summed E-state index contributed by atoms with van der Waals surface area (Å²) in [7, 11) is 0. The Morgan fingerprint density at radius 1 is 1.16 bits per heavy atom. The molecule has 0 bridgehead atoms. The molecule has 5 N–H and O–H groups in total. The fourth-order valence-electron chi connectivity index (χ4n) is 5.30. The fraction of sp³-hybridized carbons (Fsp3) is 0.440. The number of hydrogen-bond acceptors (Lipinski definition) is 7. The molecule has 0 radical (unpaired) electrons. The van der Waals surface area contributed by atoms with Gasteiger partial charge in [-0.2, -0.15) is 13.2 Å². The Morgan fingerprint density at radius 3 is 2.58 bits per heavy atom. The summed E-state index contributed by atoms with van der Waals surface area (Å²) in [4.78, 5) is 26.7. The summed E-state index contributed by atoms with van der Waals surface area (Å²) in [5.41, 5.74) is 11.2. The maximum absolute atomic E-state index is 13.9. The van der Waals surface area contributed by atoms with Gasteiger partial charge in [0.15, 0.2) is 0 Å². The minimum Gasteiger partial charge on any atom is -0.383 e. The first-order valence-electron chi connectivity index (χ1n) is 12.4. The molecule has 0 aliphatic carbocycles. The predicted octanol–water partition coefficient (Wildman–Crippen LogP) is 3.03. The molecule has 1 amide bonds. The van der Waals surface area contributed by atoms with Gasteiger partial charge in [0.2, 0.25) is 5.91 Å². The Kier molecular flexibility index (Phi) is 6.95. The van der Waals surface area contributed by atoms with Crippen LogP contribution in [0.3, 0.4) is 0 Å². The molecule has 1 unspecified atom stereocenters. The molecular formula is C25H28F4N8O. The molecule has 5 rings (SSSR count). The lowest BCUT2D eigenvalue weighted by atomic mass is 9.95. The number of nitrogens with two attached hydrogens (primary N) is 2. The smallest absolute Gasteiger partial charge is 0.383 e. The van der Waals surface area contributed by atoms with E-state index in [4.69, 9.17) is 16.5 Å². The van der Waals surface area contributed by atoms with Gasteiger partial charge in [0.25, 0.3) is 0 Å². The van der Waals surface area contributed by atoms with Crippen molar-refractivity contribution in [1.82, 2.24) is 24.8 Å². The molecule has 4 heterocycles. The van der Waals surface area contributed by atoms with E-state index in [0.29, 0.717) is 43.0 Å². The predicted molar refractivity (Wildman–Crippen MR) is 133 cm³/mol. The third-order valence-electron chi connectivity index (χ3n) is 7.22. The monoisotopic (exact) mass is 532 g/mol. The molecule has 3 aromatic rings. The van der Waals surface area contributed by atoms with Crippen molar-refractivity contribution in [3.63, 3.8) is 0 Å². The number of imidazole rings is 1. The topological polar surface area (TPSA) is 128 Å². The van der Waals surface area contributed by atoms with Crippen LogP contribution >= 0.6 is 0 Å². The van der Waals surface area contributed by atoms with Crippen LogP contribution in [0.5, 0.6) is 0 Å². The van der Waals surface area contributed by atoms with Crippen molar-refractivity contribution < 1.29 is 22.4 Å². The summed E-state index contributed by atoms with van der Waals surface area (Å²) in [5.74, 6) is -0.217. The number of carbonyl (C=O) groups is 1. The van der Waals surface area contributed by atoms with E-state index in [2.05, 4.69) is 19.9 Å². The van der Waals surface area contributed by atoms with E-state index in [0.717, 1.165) is 37.5 Å². The molecule has 1 atom stereocenters. The van der Waals surface area contributed by atoms with E-state index in [1.54, 1.807) is 6.20 Å². The standard InChI is InChI=1S/C25H28F4N8O/c26-19-2-1-15(9-18(19)25(27,28)29)20-12-37(16-3-6-32-11-16)23(35-20)14-4-7-36(8-5-14)24-17(10-21(30)38)22(31)33-13-34-24/h1-2,9,12-14,16,32H,3-8,10-11H2,(H2,30,38)(H2,31,33,34). The molecule has 0 saturated carbocycles. The number of halogens is 4. The van der Waals surface area contributed by atoms with Crippen molar-refractivity contribution in [2.24, 2.45) is 5.73 Å². The summed E-state index contributed by atoms with van der Waals surface area (Å²) in [5, 5.41) is 3.32. The Bertz CT molecular complexity index is 1330. The highest BCUT2D eigenvalue weighted by molar-refractivity contribution is 5.80. The minimum atomic E-state index is -4.80. The van der Waals surface area contributed by atoms with Crippen LogP contribution in [0.15, 0.2) is 30.7 Å². The van der Waals surface area contributed by atoms with Crippen LogP contribution in [-0.2, 0) is 17.4 Å². The van der Waals surface area contributed by atoms with Gasteiger partial charge in [0.1, 0.15) is 29.6 Å². The van der Waals surface area contributed by atoms with Gasteiger partial charge in [-0.15, -0.1) is 0 Å². The maximum atomic E-state index is 13.9. The summed E-state index contributed by atoms with van der Waals surface area (Å²) in [6, 6.07) is 3.11. The number of amides is 1. The van der Waals surface area contributed by atoms with Gasteiger partial charge >= 0.3 is 6.18 Å². The zero-order chi connectivity index (χ0) is 27.0. The van der Waals surface area contributed by atoms with Crippen LogP contribution in [0.1, 0.15) is 48.2 Å². The number of hydrogen-bond donors (Lipinski definition) is 3. The highest BCUT2D eigenvalue weighted by Gasteiger charge is 2.35. The Morgan fingerprint density at radius 2 is 1.92 bits per heavy atom. The summed E-state index contributed by atoms with van der Waals surface area (Å²) in [6.45, 7) is 2.78. The molecule has 2 fully saturated rings. The second-order valence-corrected chi connectivity index (χ2v) is 9.70. The van der Waals surface area contributed by atoms with Crippen molar-refractivity contribution in [2.75, 3.05) is 36.8 Å². The maximum Gasteiger partial charge on any atom is 0.419 e. The molecule has 13 heteroatoms. The lowest BCUT2D eigenvalue weighted by Crippen LogP contribution is -2.36. The molecular weight excluding hydrogens is 504 g/mol. The number of alkyl halides is 3. The van der Waals surface area contributed by atoms with Crippen LogP contribution in [-0.4, -0.2) is 51.6 Å². The van der Waals surface area contributed by atoms with Crippen molar-refractivity contribution in [3.05, 3.63) is 53.5 Å². The molecule has 202 valence electrons. The van der Waals surface area contributed by atoms with Crippen LogP contribution in [0.4, 0.5) is 29.2 Å². The van der Waals surface area contributed by atoms with Gasteiger partial charge < -0.3 is 26.3 Å². The molecule has 38 heavy (non-hydrogen) atoms. The van der Waals surface area contributed by atoms with Crippen molar-refractivity contribution in [3.8, 4) is 11.3 Å². The number of nitrogens with zero attached hydrogens (tertiary/aromatic N) is 5. The van der Waals surface area contributed by atoms with Gasteiger partial charge in [-0.05, 0) is 44.0 Å². The molecule has 0 spiro atoms. The van der Waals surface area contributed by atoms with Crippen molar-refractivity contribution in [2.45, 2.75) is 43.8 Å². The number of rotatable bonds is 6. The van der Waals surface area contributed by atoms with Crippen LogP contribution in [0.25, 0.3) is 11.3 Å². The van der Waals surface area contributed by atoms with Crippen molar-refractivity contribution >= 4 is 17.5 Å². The number of carbonyl (C=O) groups excluding carboxylic acids is 1. The number of nitrogens with one attached hydrogen (secondary N) is 1. The van der Waals surface area contributed by atoms with Crippen LogP contribution in [0.2, 0.25) is 0 Å². The second kappa shape index (κ2) is 10.2. The van der Waals surface area contributed by atoms with Gasteiger partial charge in [-0.3, -0.25) is 4.79 Å². The largest absolute Gasteiger partial charge is 0.419 e. The Labute approximate surface area is 216 Å². The van der Waals surface area contributed by atoms with Gasteiger partial charge in [0, 0.05) is 48.9 Å². The normalized spacial score (nSPS) is 18.7. The molecule has 2 aliphatic rings. The highest BCUT2D eigenvalue weighted by Crippen LogP contribution is 2.37. The number of anilines is 2. The third kappa shape index (κ3) is 5.15. The summed E-state index contributed by atoms with van der Waals surface area (Å²) < 4.78 is 56.0. The molecule has 2 aliphatic heterocycles. The lowest BCUT2D eigenvalue weighted by molar-refractivity contribution is -0.140. The number of primary amides is 1. The molecule has 2 saturated heterocycles. The summed E-state index contributed by atoms with van der Waals surface area (Å²) >= 11 is 0. The number of nitrogen functional groups attached to an aromatic ring is 1. The lowest BCUT2D eigenvalue weighted by Gasteiger charge is -2.34. The van der Waals surface area contributed by atoms with E-state index in [-0.39, 0.29) is 29.8 Å².